The zero-order chi connectivity index (χ0) is 17.8. The van der Waals surface area contributed by atoms with E-state index in [9.17, 15) is 4.39 Å². The number of benzene rings is 2. The predicted molar refractivity (Wildman–Crippen MR) is 99.1 cm³/mol. The number of halogens is 1. The molecule has 0 unspecified atom stereocenters. The Morgan fingerprint density at radius 1 is 1.15 bits per heavy atom. The fourth-order valence-electron chi connectivity index (χ4n) is 3.50. The van der Waals surface area contributed by atoms with Crippen LogP contribution in [-0.4, -0.2) is 40.9 Å². The predicted octanol–water partition coefficient (Wildman–Crippen LogP) is 3.66. The lowest BCUT2D eigenvalue weighted by atomic mass is 10.1. The summed E-state index contributed by atoms with van der Waals surface area (Å²) in [5, 5.41) is 7.36. The van der Waals surface area contributed by atoms with Crippen LogP contribution in [0, 0.1) is 5.82 Å². The molecule has 1 aliphatic heterocycles. The lowest BCUT2D eigenvalue weighted by Gasteiger charge is -2.33. The summed E-state index contributed by atoms with van der Waals surface area (Å²) in [7, 11) is 0. The Kier molecular flexibility index (Phi) is 5.09. The number of nitrogens with one attached hydrogen (secondary N) is 1. The van der Waals surface area contributed by atoms with Crippen LogP contribution in [0.15, 0.2) is 60.8 Å². The second kappa shape index (κ2) is 7.81. The molecule has 0 amide bonds. The Balaban J connectivity index is 1.42. The highest BCUT2D eigenvalue weighted by molar-refractivity contribution is 5.62. The zero-order valence-corrected chi connectivity index (χ0v) is 14.6. The molecule has 0 aliphatic carbocycles. The highest BCUT2D eigenvalue weighted by atomic mass is 19.1. The fourth-order valence-corrected chi connectivity index (χ4v) is 3.50. The number of H-pyrrole nitrogens is 1. The van der Waals surface area contributed by atoms with Gasteiger partial charge in [0.15, 0.2) is 0 Å². The van der Waals surface area contributed by atoms with Crippen molar-refractivity contribution in [2.24, 2.45) is 0 Å². The molecule has 0 bridgehead atoms. The third-order valence-corrected chi connectivity index (χ3v) is 4.75. The minimum Gasteiger partial charge on any atom is -0.375 e. The molecule has 2 aromatic carbocycles. The van der Waals surface area contributed by atoms with Gasteiger partial charge in [0.25, 0.3) is 0 Å². The first-order valence-corrected chi connectivity index (χ1v) is 8.94. The van der Waals surface area contributed by atoms with Crippen molar-refractivity contribution in [2.75, 3.05) is 19.7 Å². The van der Waals surface area contributed by atoms with Gasteiger partial charge in [-0.25, -0.2) is 4.39 Å². The molecule has 1 atom stereocenters. The molecule has 3 aromatic rings. The van der Waals surface area contributed by atoms with Crippen molar-refractivity contribution in [2.45, 2.75) is 19.1 Å². The standard InChI is InChI=1S/C21H22FN3O/c22-19-8-4-5-16(11-19)12-20-15-25(9-10-26-20)14-18-13-23-24-21(18)17-6-2-1-3-7-17/h1-8,11,13,20H,9-10,12,14-15H2,(H,23,24)/t20-/m1/s1. The molecule has 1 aliphatic rings. The van der Waals surface area contributed by atoms with Gasteiger partial charge < -0.3 is 4.74 Å². The molecule has 2 heterocycles. The van der Waals surface area contributed by atoms with E-state index in [0.717, 1.165) is 42.9 Å². The van der Waals surface area contributed by atoms with Crippen molar-refractivity contribution in [1.82, 2.24) is 15.1 Å². The number of rotatable bonds is 5. The van der Waals surface area contributed by atoms with E-state index in [4.69, 9.17) is 4.74 Å². The zero-order valence-electron chi connectivity index (χ0n) is 14.6. The van der Waals surface area contributed by atoms with Crippen LogP contribution >= 0.6 is 0 Å². The van der Waals surface area contributed by atoms with Gasteiger partial charge in [0.1, 0.15) is 5.82 Å². The third-order valence-electron chi connectivity index (χ3n) is 4.75. The summed E-state index contributed by atoms with van der Waals surface area (Å²) in [6.45, 7) is 3.23. The van der Waals surface area contributed by atoms with Crippen LogP contribution in [0.1, 0.15) is 11.1 Å². The maximum atomic E-state index is 13.4. The molecule has 1 fully saturated rings. The van der Waals surface area contributed by atoms with Gasteiger partial charge in [-0.2, -0.15) is 5.10 Å². The van der Waals surface area contributed by atoms with Crippen LogP contribution in [0.2, 0.25) is 0 Å². The summed E-state index contributed by atoms with van der Waals surface area (Å²) < 4.78 is 19.3. The molecule has 5 heteroatoms. The van der Waals surface area contributed by atoms with Gasteiger partial charge in [0, 0.05) is 25.2 Å². The van der Waals surface area contributed by atoms with E-state index in [1.54, 1.807) is 12.1 Å². The van der Waals surface area contributed by atoms with Gasteiger partial charge in [-0.15, -0.1) is 0 Å². The first-order valence-electron chi connectivity index (χ1n) is 8.94. The Morgan fingerprint density at radius 2 is 2.04 bits per heavy atom. The molecule has 0 saturated carbocycles. The lowest BCUT2D eigenvalue weighted by Crippen LogP contribution is -2.42. The summed E-state index contributed by atoms with van der Waals surface area (Å²) in [6, 6.07) is 17.0. The number of aromatic amines is 1. The maximum absolute atomic E-state index is 13.4. The lowest BCUT2D eigenvalue weighted by molar-refractivity contribution is -0.0304. The molecule has 1 aromatic heterocycles. The fraction of sp³-hybridized carbons (Fsp3) is 0.286. The third kappa shape index (κ3) is 4.00. The number of morpholine rings is 1. The van der Waals surface area contributed by atoms with Crippen molar-refractivity contribution < 1.29 is 9.13 Å². The van der Waals surface area contributed by atoms with E-state index in [2.05, 4.69) is 27.2 Å². The van der Waals surface area contributed by atoms with E-state index >= 15 is 0 Å². The van der Waals surface area contributed by atoms with E-state index in [1.165, 1.54) is 11.6 Å². The molecule has 0 radical (unpaired) electrons. The summed E-state index contributed by atoms with van der Waals surface area (Å²) in [5.74, 6) is -0.193. The number of ether oxygens (including phenoxy) is 1. The molecule has 4 rings (SSSR count). The van der Waals surface area contributed by atoms with Gasteiger partial charge in [-0.1, -0.05) is 42.5 Å². The average molecular weight is 351 g/mol. The second-order valence-electron chi connectivity index (χ2n) is 6.70. The summed E-state index contributed by atoms with van der Waals surface area (Å²) in [5.41, 5.74) is 4.37. The molecule has 1 saturated heterocycles. The topological polar surface area (TPSA) is 41.2 Å². The van der Waals surface area contributed by atoms with E-state index < -0.39 is 0 Å². The highest BCUT2D eigenvalue weighted by Crippen LogP contribution is 2.23. The van der Waals surface area contributed by atoms with Crippen molar-refractivity contribution in [1.29, 1.82) is 0 Å². The summed E-state index contributed by atoms with van der Waals surface area (Å²) in [4.78, 5) is 2.38. The van der Waals surface area contributed by atoms with Crippen LogP contribution in [0.4, 0.5) is 4.39 Å². The SMILES string of the molecule is Fc1cccc(C[C@@H]2CN(Cc3cn[nH]c3-c3ccccc3)CCO2)c1. The Labute approximate surface area is 152 Å². The van der Waals surface area contributed by atoms with Crippen molar-refractivity contribution in [3.05, 3.63) is 77.7 Å². The molecular formula is C21H22FN3O. The minimum atomic E-state index is -0.193. The molecule has 4 nitrogen and oxygen atoms in total. The Bertz CT molecular complexity index is 849. The smallest absolute Gasteiger partial charge is 0.123 e. The highest BCUT2D eigenvalue weighted by Gasteiger charge is 2.22. The monoisotopic (exact) mass is 351 g/mol. The molecular weight excluding hydrogens is 329 g/mol. The second-order valence-corrected chi connectivity index (χ2v) is 6.70. The normalized spacial score (nSPS) is 18.1. The van der Waals surface area contributed by atoms with Gasteiger partial charge in [0.2, 0.25) is 0 Å². The first kappa shape index (κ1) is 16.9. The number of nitrogens with zero attached hydrogens (tertiary/aromatic N) is 2. The number of hydrogen-bond acceptors (Lipinski definition) is 3. The molecule has 1 N–H and O–H groups in total. The first-order chi connectivity index (χ1) is 12.8. The van der Waals surface area contributed by atoms with Gasteiger partial charge >= 0.3 is 0 Å². The minimum absolute atomic E-state index is 0.0811. The van der Waals surface area contributed by atoms with E-state index in [-0.39, 0.29) is 11.9 Å². The van der Waals surface area contributed by atoms with E-state index in [0.29, 0.717) is 6.61 Å². The Morgan fingerprint density at radius 3 is 2.88 bits per heavy atom. The van der Waals surface area contributed by atoms with Gasteiger partial charge in [-0.05, 0) is 29.7 Å². The van der Waals surface area contributed by atoms with Crippen LogP contribution in [-0.2, 0) is 17.7 Å². The largest absolute Gasteiger partial charge is 0.375 e. The summed E-state index contributed by atoms with van der Waals surface area (Å²) >= 11 is 0. The average Bonchev–Trinajstić information content (AvgIpc) is 3.11. The molecule has 0 spiro atoms. The van der Waals surface area contributed by atoms with Crippen molar-refractivity contribution in [3.8, 4) is 11.3 Å². The van der Waals surface area contributed by atoms with Crippen LogP contribution in [0.3, 0.4) is 0 Å². The van der Waals surface area contributed by atoms with Gasteiger partial charge in [-0.3, -0.25) is 10.00 Å². The number of hydrogen-bond donors (Lipinski definition) is 1. The quantitative estimate of drug-likeness (QED) is 0.763. The van der Waals surface area contributed by atoms with Gasteiger partial charge in [0.05, 0.1) is 24.6 Å². The number of aromatic nitrogens is 2. The molecule has 26 heavy (non-hydrogen) atoms. The maximum Gasteiger partial charge on any atom is 0.123 e. The molecule has 134 valence electrons. The summed E-state index contributed by atoms with van der Waals surface area (Å²) in [6.07, 6.45) is 2.71. The van der Waals surface area contributed by atoms with Crippen LogP contribution in [0.25, 0.3) is 11.3 Å². The van der Waals surface area contributed by atoms with Crippen molar-refractivity contribution in [3.63, 3.8) is 0 Å². The van der Waals surface area contributed by atoms with Crippen LogP contribution in [0.5, 0.6) is 0 Å². The van der Waals surface area contributed by atoms with E-state index in [1.807, 2.05) is 30.5 Å². The Hall–Kier alpha value is -2.50. The van der Waals surface area contributed by atoms with Crippen LogP contribution < -0.4 is 0 Å². The van der Waals surface area contributed by atoms with Crippen molar-refractivity contribution >= 4 is 0 Å².